The molecule has 4 nitrogen and oxygen atoms in total. The Morgan fingerprint density at radius 2 is 1.96 bits per heavy atom. The van der Waals surface area contributed by atoms with Gasteiger partial charge in [0.05, 0.1) is 11.3 Å². The maximum Gasteiger partial charge on any atom is 0.417 e. The first-order valence-electron chi connectivity index (χ1n) is 7.36. The molecule has 2 aromatic carbocycles. The third kappa shape index (κ3) is 3.21. The normalized spacial score (nSPS) is 18.0. The highest BCUT2D eigenvalue weighted by atomic mass is 19.4. The van der Waals surface area contributed by atoms with Gasteiger partial charge in [-0.25, -0.2) is 0 Å². The van der Waals surface area contributed by atoms with E-state index in [-0.39, 0.29) is 18.4 Å². The van der Waals surface area contributed by atoms with Crippen molar-refractivity contribution in [3.8, 4) is 11.1 Å². The summed E-state index contributed by atoms with van der Waals surface area (Å²) in [6, 6.07) is 10.5. The summed E-state index contributed by atoms with van der Waals surface area (Å²) < 4.78 is 46.0. The quantitative estimate of drug-likeness (QED) is 0.824. The minimum Gasteiger partial charge on any atom is -0.399 e. The predicted octanol–water partition coefficient (Wildman–Crippen LogP) is 3.62. The summed E-state index contributed by atoms with van der Waals surface area (Å²) in [5, 5.41) is 4.07. The van der Waals surface area contributed by atoms with E-state index in [1.807, 2.05) is 0 Å². The Kier molecular flexibility index (Phi) is 4.19. The van der Waals surface area contributed by atoms with E-state index >= 15 is 0 Å². The van der Waals surface area contributed by atoms with E-state index in [4.69, 9.17) is 10.5 Å². The fraction of sp³-hybridized carbons (Fsp3) is 0.235. The number of hydrazone groups is 1. The molecular weight excluding hydrogens is 319 g/mol. The summed E-state index contributed by atoms with van der Waals surface area (Å²) in [7, 11) is 0. The monoisotopic (exact) mass is 335 g/mol. The van der Waals surface area contributed by atoms with Gasteiger partial charge in [0.25, 0.3) is 0 Å². The second kappa shape index (κ2) is 6.16. The molecule has 0 saturated heterocycles. The minimum atomic E-state index is -4.50. The SMILES string of the molecule is C[C@@H]1OCNN=C1c1ccc(-c2cccc(N)c2)c(C(F)(F)F)c1. The van der Waals surface area contributed by atoms with Crippen LogP contribution in [0.5, 0.6) is 0 Å². The maximum atomic E-state index is 13.6. The van der Waals surface area contributed by atoms with Crippen LogP contribution in [-0.2, 0) is 10.9 Å². The molecule has 0 fully saturated rings. The van der Waals surface area contributed by atoms with Gasteiger partial charge in [-0.1, -0.05) is 24.3 Å². The Balaban J connectivity index is 2.13. The molecule has 24 heavy (non-hydrogen) atoms. The van der Waals surface area contributed by atoms with E-state index in [1.54, 1.807) is 31.2 Å². The molecule has 1 atom stereocenters. The number of halogens is 3. The van der Waals surface area contributed by atoms with E-state index in [0.29, 0.717) is 22.5 Å². The first-order chi connectivity index (χ1) is 11.4. The summed E-state index contributed by atoms with van der Waals surface area (Å²) in [5.41, 5.74) is 9.32. The van der Waals surface area contributed by atoms with Gasteiger partial charge < -0.3 is 10.5 Å². The lowest BCUT2D eigenvalue weighted by Crippen LogP contribution is -2.33. The van der Waals surface area contributed by atoms with E-state index in [0.717, 1.165) is 6.07 Å². The summed E-state index contributed by atoms with van der Waals surface area (Å²) in [4.78, 5) is 0. The van der Waals surface area contributed by atoms with Crippen LogP contribution in [0, 0.1) is 0 Å². The van der Waals surface area contributed by atoms with Gasteiger partial charge in [-0.05, 0) is 36.2 Å². The molecule has 0 saturated carbocycles. The van der Waals surface area contributed by atoms with Crippen LogP contribution in [0.3, 0.4) is 0 Å². The zero-order chi connectivity index (χ0) is 17.3. The van der Waals surface area contributed by atoms with Gasteiger partial charge in [-0.2, -0.15) is 18.3 Å². The first kappa shape index (κ1) is 16.3. The molecule has 3 rings (SSSR count). The van der Waals surface area contributed by atoms with Crippen molar-refractivity contribution in [2.75, 3.05) is 12.5 Å². The minimum absolute atomic E-state index is 0.0801. The maximum absolute atomic E-state index is 13.6. The molecule has 0 spiro atoms. The van der Waals surface area contributed by atoms with Gasteiger partial charge in [0.2, 0.25) is 0 Å². The molecule has 0 bridgehead atoms. The number of nitrogen functional groups attached to an aromatic ring is 1. The molecule has 3 N–H and O–H groups in total. The van der Waals surface area contributed by atoms with Crippen molar-refractivity contribution in [3.05, 3.63) is 53.6 Å². The molecular formula is C17H16F3N3O. The Bertz CT molecular complexity index is 787. The Labute approximate surface area is 137 Å². The lowest BCUT2D eigenvalue weighted by Gasteiger charge is -2.22. The summed E-state index contributed by atoms with van der Waals surface area (Å²) >= 11 is 0. The predicted molar refractivity (Wildman–Crippen MR) is 86.4 cm³/mol. The van der Waals surface area contributed by atoms with E-state index < -0.39 is 11.7 Å². The van der Waals surface area contributed by atoms with E-state index in [1.165, 1.54) is 12.1 Å². The topological polar surface area (TPSA) is 59.6 Å². The van der Waals surface area contributed by atoms with Gasteiger partial charge in [-0.15, -0.1) is 0 Å². The third-order valence-electron chi connectivity index (χ3n) is 3.80. The van der Waals surface area contributed by atoms with Crippen LogP contribution in [0.4, 0.5) is 18.9 Å². The Morgan fingerprint density at radius 3 is 2.62 bits per heavy atom. The number of nitrogens with one attached hydrogen (secondary N) is 1. The van der Waals surface area contributed by atoms with Crippen molar-refractivity contribution in [3.63, 3.8) is 0 Å². The first-order valence-corrected chi connectivity index (χ1v) is 7.36. The summed E-state index contributed by atoms with van der Waals surface area (Å²) in [6.07, 6.45) is -4.88. The van der Waals surface area contributed by atoms with Crippen molar-refractivity contribution in [2.45, 2.75) is 19.2 Å². The second-order valence-corrected chi connectivity index (χ2v) is 5.49. The number of alkyl halides is 3. The van der Waals surface area contributed by atoms with Crippen molar-refractivity contribution in [2.24, 2.45) is 5.10 Å². The smallest absolute Gasteiger partial charge is 0.399 e. The van der Waals surface area contributed by atoms with Crippen LogP contribution < -0.4 is 11.2 Å². The highest BCUT2D eigenvalue weighted by Gasteiger charge is 2.34. The standard InChI is InChI=1S/C17H16F3N3O/c1-10-16(23-22-9-24-10)12-5-6-14(15(8-12)17(18,19)20)11-3-2-4-13(21)7-11/h2-8,10,22H,9,21H2,1H3/t10-/m0/s1. The molecule has 2 aromatic rings. The largest absolute Gasteiger partial charge is 0.417 e. The molecule has 1 aliphatic rings. The number of hydrogen-bond donors (Lipinski definition) is 2. The van der Waals surface area contributed by atoms with Gasteiger partial charge in [0, 0.05) is 11.3 Å². The van der Waals surface area contributed by atoms with Crippen molar-refractivity contribution >= 4 is 11.4 Å². The average Bonchev–Trinajstić information content (AvgIpc) is 2.54. The lowest BCUT2D eigenvalue weighted by molar-refractivity contribution is -0.137. The van der Waals surface area contributed by atoms with Crippen LogP contribution in [-0.4, -0.2) is 18.5 Å². The second-order valence-electron chi connectivity index (χ2n) is 5.49. The molecule has 1 heterocycles. The number of rotatable bonds is 2. The summed E-state index contributed by atoms with van der Waals surface area (Å²) in [6.45, 7) is 1.98. The number of hydrogen-bond acceptors (Lipinski definition) is 4. The molecule has 7 heteroatoms. The molecule has 0 unspecified atom stereocenters. The Hall–Kier alpha value is -2.54. The highest BCUT2D eigenvalue weighted by Crippen LogP contribution is 2.38. The lowest BCUT2D eigenvalue weighted by atomic mass is 9.94. The number of ether oxygens (including phenoxy) is 1. The molecule has 0 amide bonds. The van der Waals surface area contributed by atoms with Crippen LogP contribution in [0.25, 0.3) is 11.1 Å². The molecule has 0 aliphatic carbocycles. The van der Waals surface area contributed by atoms with Crippen molar-refractivity contribution < 1.29 is 17.9 Å². The molecule has 126 valence electrons. The van der Waals surface area contributed by atoms with Gasteiger partial charge >= 0.3 is 6.18 Å². The van der Waals surface area contributed by atoms with Gasteiger partial charge in [0.15, 0.2) is 0 Å². The van der Waals surface area contributed by atoms with Crippen LogP contribution in [0.15, 0.2) is 47.6 Å². The highest BCUT2D eigenvalue weighted by molar-refractivity contribution is 6.04. The fourth-order valence-electron chi connectivity index (χ4n) is 2.64. The number of benzene rings is 2. The molecule has 0 aromatic heterocycles. The van der Waals surface area contributed by atoms with E-state index in [2.05, 4.69) is 10.5 Å². The van der Waals surface area contributed by atoms with Crippen molar-refractivity contribution in [1.82, 2.24) is 5.43 Å². The third-order valence-corrected chi connectivity index (χ3v) is 3.80. The van der Waals surface area contributed by atoms with Crippen LogP contribution >= 0.6 is 0 Å². The van der Waals surface area contributed by atoms with Crippen molar-refractivity contribution in [1.29, 1.82) is 0 Å². The fourth-order valence-corrected chi connectivity index (χ4v) is 2.64. The van der Waals surface area contributed by atoms with Crippen LogP contribution in [0.2, 0.25) is 0 Å². The number of nitrogens with two attached hydrogens (primary N) is 1. The van der Waals surface area contributed by atoms with Crippen LogP contribution in [0.1, 0.15) is 18.1 Å². The summed E-state index contributed by atoms with van der Waals surface area (Å²) in [5.74, 6) is 0. The number of nitrogens with zero attached hydrogens (tertiary/aromatic N) is 1. The number of anilines is 1. The van der Waals surface area contributed by atoms with E-state index in [9.17, 15) is 13.2 Å². The zero-order valence-corrected chi connectivity index (χ0v) is 12.9. The van der Waals surface area contributed by atoms with Gasteiger partial charge in [0.1, 0.15) is 12.8 Å². The van der Waals surface area contributed by atoms with Gasteiger partial charge in [-0.3, -0.25) is 5.43 Å². The molecule has 1 aliphatic heterocycles. The zero-order valence-electron chi connectivity index (χ0n) is 12.9. The average molecular weight is 335 g/mol. The Morgan fingerprint density at radius 1 is 1.17 bits per heavy atom. The molecule has 0 radical (unpaired) electrons.